The first-order valence-electron chi connectivity index (χ1n) is 7.12. The van der Waals surface area contributed by atoms with Crippen LogP contribution in [0.2, 0.25) is 0 Å². The number of nitrogens with zero attached hydrogens (tertiary/aromatic N) is 2. The Balaban J connectivity index is 2.05. The maximum Gasteiger partial charge on any atom is 0.136 e. The summed E-state index contributed by atoms with van der Waals surface area (Å²) in [4.78, 5) is 9.18. The topological polar surface area (TPSA) is 59.1 Å². The van der Waals surface area contributed by atoms with Gasteiger partial charge in [0, 0.05) is 32.2 Å². The second kappa shape index (κ2) is 6.70. The highest BCUT2D eigenvalue weighted by Crippen LogP contribution is 2.38. The summed E-state index contributed by atoms with van der Waals surface area (Å²) in [5.41, 5.74) is 0. The average molecular weight is 264 g/mol. The van der Waals surface area contributed by atoms with E-state index in [0.717, 1.165) is 37.0 Å². The van der Waals surface area contributed by atoms with Crippen LogP contribution in [0.5, 0.6) is 0 Å². The predicted octanol–water partition coefficient (Wildman–Crippen LogP) is 2.62. The Morgan fingerprint density at radius 3 is 2.58 bits per heavy atom. The van der Waals surface area contributed by atoms with Gasteiger partial charge >= 0.3 is 0 Å². The molecule has 19 heavy (non-hydrogen) atoms. The van der Waals surface area contributed by atoms with E-state index in [-0.39, 0.29) is 6.10 Å². The Labute approximate surface area is 115 Å². The van der Waals surface area contributed by atoms with Crippen LogP contribution in [-0.2, 0) is 4.74 Å². The van der Waals surface area contributed by atoms with E-state index < -0.39 is 0 Å². The van der Waals surface area contributed by atoms with Gasteiger partial charge in [0.2, 0.25) is 0 Å². The Hall–Kier alpha value is -1.36. The fraction of sp³-hybridized carbons (Fsp3) is 0.714. The van der Waals surface area contributed by atoms with Gasteiger partial charge in [-0.25, -0.2) is 9.97 Å². The van der Waals surface area contributed by atoms with Crippen LogP contribution in [0.15, 0.2) is 6.07 Å². The van der Waals surface area contributed by atoms with Gasteiger partial charge < -0.3 is 15.4 Å². The van der Waals surface area contributed by atoms with Crippen molar-refractivity contribution >= 4 is 11.6 Å². The van der Waals surface area contributed by atoms with E-state index in [9.17, 15) is 0 Å². The summed E-state index contributed by atoms with van der Waals surface area (Å²) in [6.07, 6.45) is 3.69. The van der Waals surface area contributed by atoms with Crippen molar-refractivity contribution in [3.63, 3.8) is 0 Å². The Morgan fingerprint density at radius 2 is 2.00 bits per heavy atom. The van der Waals surface area contributed by atoms with E-state index in [2.05, 4.69) is 27.5 Å². The maximum atomic E-state index is 5.24. The molecule has 5 nitrogen and oxygen atoms in total. The molecule has 106 valence electrons. The smallest absolute Gasteiger partial charge is 0.136 e. The molecule has 1 atom stereocenters. The summed E-state index contributed by atoms with van der Waals surface area (Å²) in [6.45, 7) is 5.88. The molecule has 1 unspecified atom stereocenters. The third kappa shape index (κ3) is 4.35. The first kappa shape index (κ1) is 14.1. The molecule has 2 N–H and O–H groups in total. The zero-order valence-electron chi connectivity index (χ0n) is 12.1. The van der Waals surface area contributed by atoms with Gasteiger partial charge in [-0.05, 0) is 26.2 Å². The van der Waals surface area contributed by atoms with Crippen LogP contribution in [0.4, 0.5) is 11.6 Å². The van der Waals surface area contributed by atoms with Gasteiger partial charge in [-0.2, -0.15) is 0 Å². The van der Waals surface area contributed by atoms with Crippen molar-refractivity contribution in [2.75, 3.05) is 30.8 Å². The Kier molecular flexibility index (Phi) is 4.96. The van der Waals surface area contributed by atoms with E-state index in [1.165, 1.54) is 12.8 Å². The maximum absolute atomic E-state index is 5.24. The first-order chi connectivity index (χ1) is 9.22. The lowest BCUT2D eigenvalue weighted by Gasteiger charge is -2.13. The number of anilines is 2. The minimum Gasteiger partial charge on any atom is -0.380 e. The number of aromatic nitrogens is 2. The molecule has 0 aliphatic heterocycles. The number of nitrogens with one attached hydrogen (secondary N) is 2. The van der Waals surface area contributed by atoms with E-state index >= 15 is 0 Å². The molecule has 1 heterocycles. The molecule has 1 aromatic heterocycles. The van der Waals surface area contributed by atoms with Crippen molar-refractivity contribution in [1.29, 1.82) is 0 Å². The molecule has 0 bridgehead atoms. The van der Waals surface area contributed by atoms with Gasteiger partial charge in [-0.3, -0.25) is 0 Å². The minimum absolute atomic E-state index is 0.173. The van der Waals surface area contributed by atoms with Gasteiger partial charge in [0.05, 0.1) is 6.10 Å². The highest BCUT2D eigenvalue weighted by atomic mass is 16.5. The fourth-order valence-electron chi connectivity index (χ4n) is 1.76. The molecule has 1 aliphatic carbocycles. The van der Waals surface area contributed by atoms with Crippen LogP contribution in [0, 0.1) is 0 Å². The lowest BCUT2D eigenvalue weighted by molar-refractivity contribution is 0.128. The monoisotopic (exact) mass is 264 g/mol. The molecule has 2 rings (SSSR count). The second-order valence-corrected chi connectivity index (χ2v) is 5.12. The molecule has 0 spiro atoms. The van der Waals surface area contributed by atoms with E-state index in [1.807, 2.05) is 13.0 Å². The molecule has 0 saturated heterocycles. The lowest BCUT2D eigenvalue weighted by atomic mass is 10.3. The second-order valence-electron chi connectivity index (χ2n) is 5.12. The molecular weight excluding hydrogens is 240 g/mol. The largest absolute Gasteiger partial charge is 0.380 e. The van der Waals surface area contributed by atoms with Gasteiger partial charge in [0.15, 0.2) is 0 Å². The van der Waals surface area contributed by atoms with E-state index in [0.29, 0.717) is 5.92 Å². The van der Waals surface area contributed by atoms with Crippen LogP contribution in [0.1, 0.15) is 44.9 Å². The molecule has 1 aromatic rings. The van der Waals surface area contributed by atoms with Crippen molar-refractivity contribution in [3.05, 3.63) is 11.9 Å². The third-order valence-electron chi connectivity index (χ3n) is 3.22. The molecule has 0 amide bonds. The van der Waals surface area contributed by atoms with Crippen LogP contribution in [-0.4, -0.2) is 36.3 Å². The molecule has 5 heteroatoms. The molecule has 1 saturated carbocycles. The van der Waals surface area contributed by atoms with Gasteiger partial charge in [-0.15, -0.1) is 0 Å². The van der Waals surface area contributed by atoms with Crippen molar-refractivity contribution in [1.82, 2.24) is 9.97 Å². The van der Waals surface area contributed by atoms with Gasteiger partial charge in [0.25, 0.3) is 0 Å². The number of methoxy groups -OCH3 is 1. The quantitative estimate of drug-likeness (QED) is 0.756. The Bertz CT molecular complexity index is 406. The van der Waals surface area contributed by atoms with Crippen LogP contribution < -0.4 is 10.6 Å². The summed E-state index contributed by atoms with van der Waals surface area (Å²) < 4.78 is 5.24. The predicted molar refractivity (Wildman–Crippen MR) is 77.7 cm³/mol. The molecule has 0 radical (unpaired) electrons. The number of rotatable bonds is 8. The van der Waals surface area contributed by atoms with E-state index in [4.69, 9.17) is 4.74 Å². The van der Waals surface area contributed by atoms with Crippen LogP contribution in [0.25, 0.3) is 0 Å². The van der Waals surface area contributed by atoms with Crippen molar-refractivity contribution in [2.24, 2.45) is 0 Å². The summed E-state index contributed by atoms with van der Waals surface area (Å²) in [5, 5.41) is 6.66. The molecule has 0 aromatic carbocycles. The zero-order chi connectivity index (χ0) is 13.7. The lowest BCUT2D eigenvalue weighted by Crippen LogP contribution is -2.19. The first-order valence-corrected chi connectivity index (χ1v) is 7.12. The van der Waals surface area contributed by atoms with Gasteiger partial charge in [0.1, 0.15) is 17.5 Å². The summed E-state index contributed by atoms with van der Waals surface area (Å²) >= 11 is 0. The number of hydrogen-bond acceptors (Lipinski definition) is 5. The molecule has 1 fully saturated rings. The highest BCUT2D eigenvalue weighted by molar-refractivity contribution is 5.48. The van der Waals surface area contributed by atoms with E-state index in [1.54, 1.807) is 7.11 Å². The SMILES string of the molecule is CCCNc1cc(NCC(C)OC)nc(C2CC2)n1. The number of ether oxygens (including phenoxy) is 1. The zero-order valence-corrected chi connectivity index (χ0v) is 12.1. The van der Waals surface area contributed by atoms with Crippen molar-refractivity contribution < 1.29 is 4.74 Å². The standard InChI is InChI=1S/C14H24N4O/c1-4-7-15-12-8-13(16-9-10(2)19-3)18-14(17-12)11-5-6-11/h8,10-11H,4-7,9H2,1-3H3,(H2,15,16,17,18). The number of hydrogen-bond donors (Lipinski definition) is 2. The summed E-state index contributed by atoms with van der Waals surface area (Å²) in [6, 6.07) is 1.98. The molecular formula is C14H24N4O. The summed E-state index contributed by atoms with van der Waals surface area (Å²) in [7, 11) is 1.72. The van der Waals surface area contributed by atoms with Crippen molar-refractivity contribution in [3.8, 4) is 0 Å². The third-order valence-corrected chi connectivity index (χ3v) is 3.22. The normalized spacial score (nSPS) is 16.2. The fourth-order valence-corrected chi connectivity index (χ4v) is 1.76. The van der Waals surface area contributed by atoms with Crippen LogP contribution >= 0.6 is 0 Å². The van der Waals surface area contributed by atoms with Crippen molar-refractivity contribution in [2.45, 2.75) is 45.1 Å². The minimum atomic E-state index is 0.173. The average Bonchev–Trinajstić information content (AvgIpc) is 3.26. The highest BCUT2D eigenvalue weighted by Gasteiger charge is 2.27. The van der Waals surface area contributed by atoms with Gasteiger partial charge in [-0.1, -0.05) is 6.92 Å². The Morgan fingerprint density at radius 1 is 1.32 bits per heavy atom. The van der Waals surface area contributed by atoms with Crippen LogP contribution in [0.3, 0.4) is 0 Å². The molecule has 1 aliphatic rings. The summed E-state index contributed by atoms with van der Waals surface area (Å²) in [5.74, 6) is 3.34.